The number of nitrogens with one attached hydrogen (secondary N) is 1. The van der Waals surface area contributed by atoms with Gasteiger partial charge in [-0.3, -0.25) is 9.48 Å². The summed E-state index contributed by atoms with van der Waals surface area (Å²) >= 11 is 1.56. The van der Waals surface area contributed by atoms with Gasteiger partial charge in [-0.05, 0) is 29.1 Å². The molecule has 2 heterocycles. The van der Waals surface area contributed by atoms with Gasteiger partial charge in [-0.2, -0.15) is 5.10 Å². The number of amides is 1. The van der Waals surface area contributed by atoms with Gasteiger partial charge in [0.1, 0.15) is 5.82 Å². The van der Waals surface area contributed by atoms with Crippen LogP contribution in [0.3, 0.4) is 0 Å². The van der Waals surface area contributed by atoms with Gasteiger partial charge in [0.05, 0.1) is 24.8 Å². The first-order valence-electron chi connectivity index (χ1n) is 6.78. The van der Waals surface area contributed by atoms with Crippen LogP contribution in [0, 0.1) is 5.82 Å². The number of anilines is 1. The molecule has 4 nitrogen and oxygen atoms in total. The number of nitrogens with zero attached hydrogens (tertiary/aromatic N) is 2. The third kappa shape index (κ3) is 3.79. The lowest BCUT2D eigenvalue weighted by atomic mass is 10.2. The molecule has 0 bridgehead atoms. The number of carbonyl (C=O) groups is 1. The summed E-state index contributed by atoms with van der Waals surface area (Å²) < 4.78 is 14.6. The molecule has 1 aromatic carbocycles. The molecular weight excluding hydrogens is 301 g/mol. The molecule has 3 aromatic rings. The molecule has 0 saturated heterocycles. The molecule has 2 aromatic heterocycles. The molecule has 0 unspecified atom stereocenters. The maximum Gasteiger partial charge on any atom is 0.229 e. The van der Waals surface area contributed by atoms with Crippen LogP contribution in [-0.4, -0.2) is 15.7 Å². The monoisotopic (exact) mass is 315 g/mol. The number of aromatic nitrogens is 2. The lowest BCUT2D eigenvalue weighted by molar-refractivity contribution is -0.115. The average molecular weight is 315 g/mol. The fourth-order valence-corrected chi connectivity index (χ4v) is 2.77. The van der Waals surface area contributed by atoms with E-state index in [1.54, 1.807) is 40.5 Å². The van der Waals surface area contributed by atoms with Crippen LogP contribution in [-0.2, 0) is 17.8 Å². The summed E-state index contributed by atoms with van der Waals surface area (Å²) in [5, 5.41) is 8.96. The molecule has 0 aliphatic rings. The fraction of sp³-hybridized carbons (Fsp3) is 0.125. The minimum atomic E-state index is -0.259. The van der Waals surface area contributed by atoms with Crippen molar-refractivity contribution in [2.24, 2.45) is 0 Å². The van der Waals surface area contributed by atoms with Crippen molar-refractivity contribution in [2.45, 2.75) is 13.0 Å². The number of carbonyl (C=O) groups excluding carboxylic acids is 1. The largest absolute Gasteiger partial charge is 0.323 e. The van der Waals surface area contributed by atoms with E-state index in [-0.39, 0.29) is 11.7 Å². The van der Waals surface area contributed by atoms with Crippen molar-refractivity contribution < 1.29 is 9.18 Å². The second-order valence-electron chi connectivity index (χ2n) is 4.86. The Morgan fingerprint density at radius 3 is 2.82 bits per heavy atom. The highest BCUT2D eigenvalue weighted by molar-refractivity contribution is 7.10. The van der Waals surface area contributed by atoms with E-state index in [1.165, 1.54) is 12.1 Å². The normalized spacial score (nSPS) is 10.6. The highest BCUT2D eigenvalue weighted by Gasteiger charge is 2.07. The minimum Gasteiger partial charge on any atom is -0.323 e. The number of rotatable bonds is 5. The molecule has 0 atom stereocenters. The average Bonchev–Trinajstić information content (AvgIpc) is 3.14. The third-order valence-corrected chi connectivity index (χ3v) is 3.97. The Morgan fingerprint density at radius 2 is 2.09 bits per heavy atom. The van der Waals surface area contributed by atoms with E-state index < -0.39 is 0 Å². The van der Waals surface area contributed by atoms with Gasteiger partial charge in [0, 0.05) is 11.1 Å². The van der Waals surface area contributed by atoms with Crippen molar-refractivity contribution in [1.82, 2.24) is 9.78 Å². The van der Waals surface area contributed by atoms with E-state index in [4.69, 9.17) is 0 Å². The number of thiophene rings is 1. The van der Waals surface area contributed by atoms with Crippen LogP contribution in [0.4, 0.5) is 10.1 Å². The fourth-order valence-electron chi connectivity index (χ4n) is 2.07. The number of hydrogen-bond acceptors (Lipinski definition) is 3. The Hall–Kier alpha value is -2.47. The predicted octanol–water partition coefficient (Wildman–Crippen LogP) is 3.31. The molecule has 1 N–H and O–H groups in total. The topological polar surface area (TPSA) is 46.9 Å². The Morgan fingerprint density at radius 1 is 1.27 bits per heavy atom. The zero-order valence-electron chi connectivity index (χ0n) is 11.7. The molecule has 0 aliphatic carbocycles. The first kappa shape index (κ1) is 14.5. The molecule has 0 radical (unpaired) electrons. The Labute approximate surface area is 131 Å². The highest BCUT2D eigenvalue weighted by Crippen LogP contribution is 2.12. The van der Waals surface area contributed by atoms with Crippen LogP contribution in [0.15, 0.2) is 54.2 Å². The molecular formula is C16H14FN3OS. The summed E-state index contributed by atoms with van der Waals surface area (Å²) in [7, 11) is 0. The van der Waals surface area contributed by atoms with Gasteiger partial charge in [0.2, 0.25) is 5.91 Å². The number of halogens is 1. The first-order valence-corrected chi connectivity index (χ1v) is 7.66. The summed E-state index contributed by atoms with van der Waals surface area (Å²) in [6.07, 6.45) is 3.73. The van der Waals surface area contributed by atoms with E-state index in [0.29, 0.717) is 18.7 Å². The van der Waals surface area contributed by atoms with Crippen LogP contribution in [0.25, 0.3) is 0 Å². The van der Waals surface area contributed by atoms with E-state index in [2.05, 4.69) is 10.4 Å². The van der Waals surface area contributed by atoms with E-state index in [0.717, 1.165) is 10.4 Å². The summed E-state index contributed by atoms with van der Waals surface area (Å²) in [4.78, 5) is 12.9. The van der Waals surface area contributed by atoms with Crippen molar-refractivity contribution in [3.63, 3.8) is 0 Å². The van der Waals surface area contributed by atoms with E-state index in [1.807, 2.05) is 17.5 Å². The van der Waals surface area contributed by atoms with Crippen LogP contribution in [0.5, 0.6) is 0 Å². The second kappa shape index (κ2) is 6.53. The molecule has 22 heavy (non-hydrogen) atoms. The summed E-state index contributed by atoms with van der Waals surface area (Å²) in [5.74, 6) is -0.325. The maximum atomic E-state index is 12.9. The molecule has 0 fully saturated rings. The Bertz CT molecular complexity index is 750. The van der Waals surface area contributed by atoms with Gasteiger partial charge >= 0.3 is 0 Å². The third-order valence-electron chi connectivity index (χ3n) is 3.09. The van der Waals surface area contributed by atoms with Gasteiger partial charge in [0.15, 0.2) is 0 Å². The maximum absolute atomic E-state index is 12.9. The molecule has 0 saturated carbocycles. The standard InChI is InChI=1S/C16H14FN3OS/c17-13-5-3-12(4-6-13)10-20-11-14(9-18-20)19-16(21)8-15-2-1-7-22-15/h1-7,9,11H,8,10H2,(H,19,21). The van der Waals surface area contributed by atoms with Crippen LogP contribution < -0.4 is 5.32 Å². The van der Waals surface area contributed by atoms with Crippen molar-refractivity contribution >= 4 is 22.9 Å². The lowest BCUT2D eigenvalue weighted by Crippen LogP contribution is -2.13. The highest BCUT2D eigenvalue weighted by atomic mass is 32.1. The van der Waals surface area contributed by atoms with Crippen molar-refractivity contribution in [3.05, 3.63) is 70.4 Å². The second-order valence-corrected chi connectivity index (χ2v) is 5.89. The Kier molecular flexibility index (Phi) is 4.29. The van der Waals surface area contributed by atoms with Gasteiger partial charge in [-0.1, -0.05) is 18.2 Å². The van der Waals surface area contributed by atoms with Crippen LogP contribution >= 0.6 is 11.3 Å². The summed E-state index contributed by atoms with van der Waals surface area (Å²) in [5.41, 5.74) is 1.60. The quantitative estimate of drug-likeness (QED) is 0.785. The smallest absolute Gasteiger partial charge is 0.229 e. The SMILES string of the molecule is O=C(Cc1cccs1)Nc1cnn(Cc2ccc(F)cc2)c1. The number of benzene rings is 1. The van der Waals surface area contributed by atoms with Crippen molar-refractivity contribution in [2.75, 3.05) is 5.32 Å². The molecule has 3 rings (SSSR count). The molecule has 0 aliphatic heterocycles. The van der Waals surface area contributed by atoms with Crippen molar-refractivity contribution in [1.29, 1.82) is 0 Å². The van der Waals surface area contributed by atoms with E-state index in [9.17, 15) is 9.18 Å². The van der Waals surface area contributed by atoms with Crippen LogP contribution in [0.2, 0.25) is 0 Å². The molecule has 1 amide bonds. The van der Waals surface area contributed by atoms with Gasteiger partial charge in [-0.15, -0.1) is 11.3 Å². The van der Waals surface area contributed by atoms with Gasteiger partial charge < -0.3 is 5.32 Å². The number of hydrogen-bond donors (Lipinski definition) is 1. The summed E-state index contributed by atoms with van der Waals surface area (Å²) in [6, 6.07) is 10.1. The Balaban J connectivity index is 1.58. The zero-order valence-corrected chi connectivity index (χ0v) is 12.5. The lowest BCUT2D eigenvalue weighted by Gasteiger charge is -2.02. The van der Waals surface area contributed by atoms with Crippen molar-refractivity contribution in [3.8, 4) is 0 Å². The first-order chi connectivity index (χ1) is 10.7. The zero-order chi connectivity index (χ0) is 15.4. The summed E-state index contributed by atoms with van der Waals surface area (Å²) in [6.45, 7) is 0.529. The predicted molar refractivity (Wildman–Crippen MR) is 84.4 cm³/mol. The van der Waals surface area contributed by atoms with Crippen LogP contribution in [0.1, 0.15) is 10.4 Å². The van der Waals surface area contributed by atoms with E-state index >= 15 is 0 Å². The molecule has 112 valence electrons. The minimum absolute atomic E-state index is 0.0659. The molecule has 0 spiro atoms. The van der Waals surface area contributed by atoms with Gasteiger partial charge in [-0.25, -0.2) is 4.39 Å². The van der Waals surface area contributed by atoms with Gasteiger partial charge in [0.25, 0.3) is 0 Å². The molecule has 6 heteroatoms.